The van der Waals surface area contributed by atoms with Gasteiger partial charge in [0.1, 0.15) is 11.5 Å². The zero-order chi connectivity index (χ0) is 16.8. The van der Waals surface area contributed by atoms with Crippen LogP contribution in [0.4, 0.5) is 0 Å². The molecule has 0 aliphatic rings. The second-order valence-electron chi connectivity index (χ2n) is 6.00. The smallest absolute Gasteiger partial charge is 0.251 e. The highest BCUT2D eigenvalue weighted by molar-refractivity contribution is 5.96. The normalized spacial score (nSPS) is 10.8. The lowest BCUT2D eigenvalue weighted by Crippen LogP contribution is -2.25. The number of carbonyl (C=O) groups excluding carboxylic acids is 1. The van der Waals surface area contributed by atoms with Gasteiger partial charge in [-0.15, -0.1) is 0 Å². The van der Waals surface area contributed by atoms with E-state index in [9.17, 15) is 4.79 Å². The highest BCUT2D eigenvalue weighted by atomic mass is 16.5. The molecule has 0 radical (unpaired) electrons. The van der Waals surface area contributed by atoms with Gasteiger partial charge in [-0.25, -0.2) is 0 Å². The zero-order valence-electron chi connectivity index (χ0n) is 14.3. The number of ether oxygens (including phenoxy) is 1. The van der Waals surface area contributed by atoms with Crippen molar-refractivity contribution in [3.63, 3.8) is 0 Å². The van der Waals surface area contributed by atoms with Crippen LogP contribution in [-0.2, 0) is 6.42 Å². The minimum absolute atomic E-state index is 0.0357. The Hall–Kier alpha value is -2.23. The van der Waals surface area contributed by atoms with Gasteiger partial charge in [0, 0.05) is 18.5 Å². The molecule has 0 unspecified atom stereocenters. The lowest BCUT2D eigenvalue weighted by Gasteiger charge is -2.16. The highest BCUT2D eigenvalue weighted by Gasteiger charge is 2.15. The first-order valence-corrected chi connectivity index (χ1v) is 8.02. The summed E-state index contributed by atoms with van der Waals surface area (Å²) in [5.74, 6) is 2.05. The minimum atomic E-state index is -0.0357. The summed E-state index contributed by atoms with van der Waals surface area (Å²) >= 11 is 0. The Morgan fingerprint density at radius 3 is 2.74 bits per heavy atom. The molecule has 124 valence electrons. The quantitative estimate of drug-likeness (QED) is 0.783. The van der Waals surface area contributed by atoms with Crippen molar-refractivity contribution in [1.29, 1.82) is 0 Å². The number of hydrogen-bond acceptors (Lipinski definition) is 3. The van der Waals surface area contributed by atoms with Crippen molar-refractivity contribution in [3.8, 4) is 5.75 Å². The summed E-state index contributed by atoms with van der Waals surface area (Å²) in [5.41, 5.74) is 2.70. The van der Waals surface area contributed by atoms with Gasteiger partial charge in [0.25, 0.3) is 5.91 Å². The first-order valence-electron chi connectivity index (χ1n) is 8.02. The Labute approximate surface area is 137 Å². The maximum Gasteiger partial charge on any atom is 0.251 e. The third kappa shape index (κ3) is 4.38. The second kappa shape index (κ2) is 7.86. The van der Waals surface area contributed by atoms with Gasteiger partial charge in [0.05, 0.1) is 13.4 Å². The zero-order valence-corrected chi connectivity index (χ0v) is 14.3. The lowest BCUT2D eigenvalue weighted by molar-refractivity contribution is 0.0952. The van der Waals surface area contributed by atoms with Crippen LogP contribution in [0.3, 0.4) is 0 Å². The van der Waals surface area contributed by atoms with Crippen LogP contribution in [0.25, 0.3) is 0 Å². The van der Waals surface area contributed by atoms with E-state index in [1.165, 1.54) is 0 Å². The molecule has 2 aromatic rings. The van der Waals surface area contributed by atoms with Crippen molar-refractivity contribution in [2.75, 3.05) is 13.7 Å². The first-order chi connectivity index (χ1) is 11.0. The van der Waals surface area contributed by atoms with E-state index < -0.39 is 0 Å². The molecule has 1 heterocycles. The summed E-state index contributed by atoms with van der Waals surface area (Å²) < 4.78 is 10.7. The molecular formula is C19H25NO3. The van der Waals surface area contributed by atoms with Crippen molar-refractivity contribution in [1.82, 2.24) is 5.32 Å². The molecule has 0 spiro atoms. The largest absolute Gasteiger partial charge is 0.496 e. The molecule has 0 bridgehead atoms. The Morgan fingerprint density at radius 1 is 1.35 bits per heavy atom. The molecule has 23 heavy (non-hydrogen) atoms. The fourth-order valence-corrected chi connectivity index (χ4v) is 2.59. The predicted molar refractivity (Wildman–Crippen MR) is 91.2 cm³/mol. The van der Waals surface area contributed by atoms with Gasteiger partial charge in [0.15, 0.2) is 0 Å². The number of carbonyl (C=O) groups is 1. The van der Waals surface area contributed by atoms with Crippen LogP contribution >= 0.6 is 0 Å². The van der Waals surface area contributed by atoms with Crippen molar-refractivity contribution < 1.29 is 13.9 Å². The highest BCUT2D eigenvalue weighted by Crippen LogP contribution is 2.29. The number of hydrogen-bond donors (Lipinski definition) is 1. The monoisotopic (exact) mass is 315 g/mol. The third-order valence-corrected chi connectivity index (χ3v) is 3.91. The molecule has 1 amide bonds. The number of amides is 1. The summed E-state index contributed by atoms with van der Waals surface area (Å²) in [7, 11) is 1.66. The van der Waals surface area contributed by atoms with Gasteiger partial charge >= 0.3 is 0 Å². The van der Waals surface area contributed by atoms with E-state index >= 15 is 0 Å². The van der Waals surface area contributed by atoms with Gasteiger partial charge < -0.3 is 14.5 Å². The van der Waals surface area contributed by atoms with Crippen LogP contribution in [0, 0.1) is 6.92 Å². The number of rotatable bonds is 7. The van der Waals surface area contributed by atoms with Crippen LogP contribution in [0.15, 0.2) is 34.9 Å². The molecule has 0 atom stereocenters. The van der Waals surface area contributed by atoms with Gasteiger partial charge in [-0.2, -0.15) is 0 Å². The molecule has 1 aromatic heterocycles. The molecule has 0 saturated heterocycles. The van der Waals surface area contributed by atoms with Gasteiger partial charge in [-0.1, -0.05) is 13.8 Å². The molecule has 1 N–H and O–H groups in total. The fraction of sp³-hybridized carbons (Fsp3) is 0.421. The Balaban J connectivity index is 1.99. The second-order valence-corrected chi connectivity index (χ2v) is 6.00. The minimum Gasteiger partial charge on any atom is -0.496 e. The fourth-order valence-electron chi connectivity index (χ4n) is 2.59. The summed E-state index contributed by atoms with van der Waals surface area (Å²) in [6.45, 7) is 6.75. The average Bonchev–Trinajstić information content (AvgIpc) is 3.04. The number of methoxy groups -OCH3 is 1. The van der Waals surface area contributed by atoms with Crippen LogP contribution in [0.1, 0.15) is 53.4 Å². The summed E-state index contributed by atoms with van der Waals surface area (Å²) in [6.07, 6.45) is 3.35. The molecule has 1 aromatic carbocycles. The van der Waals surface area contributed by atoms with Crippen LogP contribution in [0.5, 0.6) is 5.75 Å². The molecule has 0 aliphatic heterocycles. The number of aryl methyl sites for hydroxylation is 2. The van der Waals surface area contributed by atoms with E-state index in [2.05, 4.69) is 19.2 Å². The Morgan fingerprint density at radius 2 is 2.13 bits per heavy atom. The van der Waals surface area contributed by atoms with Crippen LogP contribution in [0.2, 0.25) is 0 Å². The summed E-state index contributed by atoms with van der Waals surface area (Å²) in [4.78, 5) is 12.4. The number of benzene rings is 1. The maximum atomic E-state index is 12.4. The molecule has 0 fully saturated rings. The van der Waals surface area contributed by atoms with Gasteiger partial charge in [-0.3, -0.25) is 4.79 Å². The maximum absolute atomic E-state index is 12.4. The van der Waals surface area contributed by atoms with E-state index in [-0.39, 0.29) is 5.91 Å². The number of furan rings is 1. The van der Waals surface area contributed by atoms with Gasteiger partial charge in [-0.05, 0) is 54.7 Å². The molecule has 0 saturated carbocycles. The van der Waals surface area contributed by atoms with Crippen LogP contribution < -0.4 is 10.1 Å². The van der Waals surface area contributed by atoms with Gasteiger partial charge in [0.2, 0.25) is 0 Å². The van der Waals surface area contributed by atoms with E-state index in [4.69, 9.17) is 9.15 Å². The van der Waals surface area contributed by atoms with Crippen molar-refractivity contribution in [3.05, 3.63) is 53.0 Å². The summed E-state index contributed by atoms with van der Waals surface area (Å²) in [5, 5.41) is 2.98. The summed E-state index contributed by atoms with van der Waals surface area (Å²) in [6, 6.07) is 7.71. The van der Waals surface area contributed by atoms with E-state index in [1.54, 1.807) is 13.4 Å². The third-order valence-electron chi connectivity index (χ3n) is 3.91. The SMILES string of the molecule is COc1cc(C)c(C(=O)NCCCc2ccco2)cc1C(C)C. The van der Waals surface area contributed by atoms with E-state index in [0.29, 0.717) is 18.0 Å². The van der Waals surface area contributed by atoms with Crippen LogP contribution in [-0.4, -0.2) is 19.6 Å². The van der Waals surface area contributed by atoms with Crippen molar-refractivity contribution >= 4 is 5.91 Å². The predicted octanol–water partition coefficient (Wildman–Crippen LogP) is 4.08. The molecule has 4 nitrogen and oxygen atoms in total. The first kappa shape index (κ1) is 17.1. The van der Waals surface area contributed by atoms with E-state index in [1.807, 2.05) is 31.2 Å². The lowest BCUT2D eigenvalue weighted by atomic mass is 9.96. The van der Waals surface area contributed by atoms with Crippen molar-refractivity contribution in [2.45, 2.75) is 39.5 Å². The topological polar surface area (TPSA) is 51.5 Å². The Kier molecular flexibility index (Phi) is 5.85. The standard InChI is InChI=1S/C19H25NO3/c1-13(2)16-12-17(14(3)11-18(16)22-4)19(21)20-9-5-7-15-8-6-10-23-15/h6,8,10-13H,5,7,9H2,1-4H3,(H,20,21). The van der Waals surface area contributed by atoms with E-state index in [0.717, 1.165) is 35.5 Å². The average molecular weight is 315 g/mol. The number of nitrogens with one attached hydrogen (secondary N) is 1. The molecule has 0 aliphatic carbocycles. The molecule has 4 heteroatoms. The molecular weight excluding hydrogens is 290 g/mol. The van der Waals surface area contributed by atoms with Crippen molar-refractivity contribution in [2.24, 2.45) is 0 Å². The molecule has 2 rings (SSSR count). The Bertz CT molecular complexity index is 645.